The molecule has 3 nitrogen and oxygen atoms in total. The van der Waals surface area contributed by atoms with E-state index in [1.165, 1.54) is 5.96 Å². The molecule has 1 saturated heterocycles. The minimum absolute atomic E-state index is 0.234. The van der Waals surface area contributed by atoms with Crippen LogP contribution in [0.15, 0.2) is 4.99 Å². The van der Waals surface area contributed by atoms with Crippen LogP contribution in [0.5, 0.6) is 0 Å². The molecule has 0 N–H and O–H groups in total. The van der Waals surface area contributed by atoms with Crippen molar-refractivity contribution < 1.29 is 0 Å². The van der Waals surface area contributed by atoms with Crippen LogP contribution in [0.25, 0.3) is 0 Å². The van der Waals surface area contributed by atoms with Crippen LogP contribution in [-0.4, -0.2) is 47.5 Å². The summed E-state index contributed by atoms with van der Waals surface area (Å²) in [4.78, 5) is 9.30. The van der Waals surface area contributed by atoms with Gasteiger partial charge in [0.2, 0.25) is 0 Å². The summed E-state index contributed by atoms with van der Waals surface area (Å²) in [6.07, 6.45) is 0. The number of rotatable bonds is 0. The molecule has 2 rings (SSSR count). The average Bonchev–Trinajstić information content (AvgIpc) is 2.37. The average molecular weight is 167 g/mol. The molecule has 12 heavy (non-hydrogen) atoms. The standard InChI is InChI=1S/C9H17N3/c1-9(2,3)12-7-6-11-5-4-10-8(11)12/h4-7H2,1-3H3. The zero-order valence-corrected chi connectivity index (χ0v) is 8.17. The first-order chi connectivity index (χ1) is 5.59. The molecule has 68 valence electrons. The van der Waals surface area contributed by atoms with Crippen LogP contribution in [0.2, 0.25) is 0 Å². The van der Waals surface area contributed by atoms with Gasteiger partial charge in [0.05, 0.1) is 6.54 Å². The van der Waals surface area contributed by atoms with Gasteiger partial charge in [-0.15, -0.1) is 0 Å². The van der Waals surface area contributed by atoms with E-state index in [9.17, 15) is 0 Å². The third-order valence-electron chi connectivity index (χ3n) is 2.55. The molecule has 0 saturated carbocycles. The van der Waals surface area contributed by atoms with Crippen molar-refractivity contribution in [3.8, 4) is 0 Å². The molecule has 0 bridgehead atoms. The zero-order chi connectivity index (χ0) is 8.77. The zero-order valence-electron chi connectivity index (χ0n) is 8.17. The maximum atomic E-state index is 4.51. The highest BCUT2D eigenvalue weighted by molar-refractivity contribution is 5.84. The lowest BCUT2D eigenvalue weighted by Gasteiger charge is -2.32. The molecule has 0 radical (unpaired) electrons. The largest absolute Gasteiger partial charge is 0.339 e. The van der Waals surface area contributed by atoms with E-state index in [0.717, 1.165) is 26.2 Å². The molecular formula is C9H17N3. The fraction of sp³-hybridized carbons (Fsp3) is 0.889. The van der Waals surface area contributed by atoms with Crippen LogP contribution < -0.4 is 0 Å². The Kier molecular flexibility index (Phi) is 1.56. The topological polar surface area (TPSA) is 18.8 Å². The highest BCUT2D eigenvalue weighted by Crippen LogP contribution is 2.22. The van der Waals surface area contributed by atoms with E-state index < -0.39 is 0 Å². The van der Waals surface area contributed by atoms with Crippen molar-refractivity contribution >= 4 is 5.96 Å². The van der Waals surface area contributed by atoms with Crippen molar-refractivity contribution in [1.29, 1.82) is 0 Å². The summed E-state index contributed by atoms with van der Waals surface area (Å²) >= 11 is 0. The van der Waals surface area contributed by atoms with Crippen LogP contribution in [0.3, 0.4) is 0 Å². The van der Waals surface area contributed by atoms with Gasteiger partial charge in [0, 0.05) is 25.2 Å². The van der Waals surface area contributed by atoms with Gasteiger partial charge >= 0.3 is 0 Å². The molecule has 0 amide bonds. The summed E-state index contributed by atoms with van der Waals surface area (Å²) in [5.41, 5.74) is 0.234. The van der Waals surface area contributed by atoms with Gasteiger partial charge in [0.15, 0.2) is 5.96 Å². The molecular weight excluding hydrogens is 150 g/mol. The molecule has 0 spiro atoms. The third kappa shape index (κ3) is 1.08. The van der Waals surface area contributed by atoms with E-state index in [4.69, 9.17) is 0 Å². The van der Waals surface area contributed by atoms with E-state index >= 15 is 0 Å². The van der Waals surface area contributed by atoms with Crippen LogP contribution >= 0.6 is 0 Å². The van der Waals surface area contributed by atoms with Crippen molar-refractivity contribution in [2.24, 2.45) is 4.99 Å². The minimum Gasteiger partial charge on any atom is -0.339 e. The number of hydrogen-bond acceptors (Lipinski definition) is 3. The lowest BCUT2D eigenvalue weighted by molar-refractivity contribution is 0.259. The number of hydrogen-bond donors (Lipinski definition) is 0. The predicted molar refractivity (Wildman–Crippen MR) is 50.3 cm³/mol. The lowest BCUT2D eigenvalue weighted by Crippen LogP contribution is -2.43. The first-order valence-electron chi connectivity index (χ1n) is 4.66. The van der Waals surface area contributed by atoms with Crippen molar-refractivity contribution in [2.75, 3.05) is 26.2 Å². The van der Waals surface area contributed by atoms with Crippen molar-refractivity contribution in [3.05, 3.63) is 0 Å². The molecule has 2 aliphatic heterocycles. The van der Waals surface area contributed by atoms with Gasteiger partial charge in [-0.3, -0.25) is 4.99 Å². The molecule has 0 atom stereocenters. The first kappa shape index (κ1) is 7.90. The molecule has 0 aromatic rings. The highest BCUT2D eigenvalue weighted by atomic mass is 15.5. The number of guanidine groups is 1. The van der Waals surface area contributed by atoms with Gasteiger partial charge in [0.1, 0.15) is 0 Å². The number of fused-ring (bicyclic) bond motifs is 1. The highest BCUT2D eigenvalue weighted by Gasteiger charge is 2.35. The Morgan fingerprint density at radius 2 is 1.92 bits per heavy atom. The quantitative estimate of drug-likeness (QED) is 0.531. The molecule has 1 fully saturated rings. The Balaban J connectivity index is 2.19. The van der Waals surface area contributed by atoms with E-state index in [2.05, 4.69) is 35.6 Å². The van der Waals surface area contributed by atoms with Crippen molar-refractivity contribution in [1.82, 2.24) is 9.80 Å². The van der Waals surface area contributed by atoms with Gasteiger partial charge in [-0.2, -0.15) is 0 Å². The summed E-state index contributed by atoms with van der Waals surface area (Å²) < 4.78 is 0. The maximum absolute atomic E-state index is 4.51. The van der Waals surface area contributed by atoms with Gasteiger partial charge in [-0.1, -0.05) is 0 Å². The van der Waals surface area contributed by atoms with E-state index in [1.54, 1.807) is 0 Å². The number of nitrogens with zero attached hydrogens (tertiary/aromatic N) is 3. The molecule has 0 aliphatic carbocycles. The summed E-state index contributed by atoms with van der Waals surface area (Å²) in [6.45, 7) is 11.2. The monoisotopic (exact) mass is 167 g/mol. The lowest BCUT2D eigenvalue weighted by atomic mass is 10.1. The summed E-state index contributed by atoms with van der Waals surface area (Å²) in [5.74, 6) is 1.22. The molecule has 0 unspecified atom stereocenters. The van der Waals surface area contributed by atoms with E-state index in [1.807, 2.05) is 0 Å². The van der Waals surface area contributed by atoms with Crippen molar-refractivity contribution in [3.63, 3.8) is 0 Å². The Hall–Kier alpha value is -0.730. The second-order valence-electron chi connectivity index (χ2n) is 4.49. The van der Waals surface area contributed by atoms with E-state index in [0.29, 0.717) is 0 Å². The van der Waals surface area contributed by atoms with Gasteiger partial charge in [-0.25, -0.2) is 0 Å². The molecule has 0 aromatic heterocycles. The normalized spacial score (nSPS) is 23.1. The maximum Gasteiger partial charge on any atom is 0.197 e. The fourth-order valence-electron chi connectivity index (χ4n) is 1.89. The van der Waals surface area contributed by atoms with Gasteiger partial charge in [0.25, 0.3) is 0 Å². The summed E-state index contributed by atoms with van der Waals surface area (Å²) in [5, 5.41) is 0. The van der Waals surface area contributed by atoms with Crippen LogP contribution in [0, 0.1) is 0 Å². The molecule has 0 aromatic carbocycles. The second-order valence-corrected chi connectivity index (χ2v) is 4.49. The van der Waals surface area contributed by atoms with Crippen molar-refractivity contribution in [2.45, 2.75) is 26.3 Å². The third-order valence-corrected chi connectivity index (χ3v) is 2.55. The molecule has 3 heteroatoms. The molecule has 2 aliphatic rings. The molecule has 2 heterocycles. The fourth-order valence-corrected chi connectivity index (χ4v) is 1.89. The summed E-state index contributed by atoms with van der Waals surface area (Å²) in [6, 6.07) is 0. The predicted octanol–water partition coefficient (Wildman–Crippen LogP) is 0.772. The Bertz CT molecular complexity index is 214. The Morgan fingerprint density at radius 3 is 2.58 bits per heavy atom. The van der Waals surface area contributed by atoms with Crippen LogP contribution in [-0.2, 0) is 0 Å². The SMILES string of the molecule is CC(C)(C)N1CCN2CCN=C21. The van der Waals surface area contributed by atoms with Crippen LogP contribution in [0.4, 0.5) is 0 Å². The van der Waals surface area contributed by atoms with Gasteiger partial charge in [-0.05, 0) is 20.8 Å². The summed E-state index contributed by atoms with van der Waals surface area (Å²) in [7, 11) is 0. The smallest absolute Gasteiger partial charge is 0.197 e. The Morgan fingerprint density at radius 1 is 1.17 bits per heavy atom. The second kappa shape index (κ2) is 2.38. The first-order valence-corrected chi connectivity index (χ1v) is 4.66. The van der Waals surface area contributed by atoms with E-state index in [-0.39, 0.29) is 5.54 Å². The van der Waals surface area contributed by atoms with Crippen LogP contribution in [0.1, 0.15) is 20.8 Å². The minimum atomic E-state index is 0.234. The number of aliphatic imine (C=N–C) groups is 1. The van der Waals surface area contributed by atoms with Gasteiger partial charge < -0.3 is 9.80 Å². The Labute approximate surface area is 74.1 Å².